The molecule has 11 heavy (non-hydrogen) atoms. The normalized spacial score (nSPS) is 9.18. The molecule has 0 aliphatic heterocycles. The molecular weight excluding hydrogens is 183 g/mol. The minimum atomic E-state index is 0.297. The third-order valence-corrected chi connectivity index (χ3v) is 2.00. The molecule has 0 heterocycles. The Hall–Kier alpha value is -0.910. The van der Waals surface area contributed by atoms with Crippen molar-refractivity contribution >= 4 is 28.9 Å². The van der Waals surface area contributed by atoms with Crippen molar-refractivity contribution < 1.29 is 0 Å². The van der Waals surface area contributed by atoms with Crippen molar-refractivity contribution in [3.05, 3.63) is 27.7 Å². The molecule has 0 aliphatic rings. The molecule has 1 aromatic carbocycles. The summed E-state index contributed by atoms with van der Waals surface area (Å²) in [5.74, 6) is 0. The van der Waals surface area contributed by atoms with Gasteiger partial charge in [-0.2, -0.15) is 5.26 Å². The first-order chi connectivity index (χ1) is 5.15. The highest BCUT2D eigenvalue weighted by molar-refractivity contribution is 6.43. The van der Waals surface area contributed by atoms with Crippen molar-refractivity contribution in [2.24, 2.45) is 0 Å². The largest absolute Gasteiger partial charge is 0.397 e. The molecule has 0 radical (unpaired) electrons. The van der Waals surface area contributed by atoms with Crippen molar-refractivity contribution in [2.45, 2.75) is 0 Å². The van der Waals surface area contributed by atoms with Gasteiger partial charge in [0.15, 0.2) is 0 Å². The third kappa shape index (κ3) is 1.56. The van der Waals surface area contributed by atoms with E-state index in [1.807, 2.05) is 6.07 Å². The number of rotatable bonds is 0. The van der Waals surface area contributed by atoms with Crippen LogP contribution in [0.15, 0.2) is 12.1 Å². The van der Waals surface area contributed by atoms with Crippen molar-refractivity contribution in [1.82, 2.24) is 0 Å². The van der Waals surface area contributed by atoms with E-state index in [1.54, 1.807) is 0 Å². The Bertz CT molecular complexity index is 305. The molecule has 2 N–H and O–H groups in total. The molecule has 1 rings (SSSR count). The summed E-state index contributed by atoms with van der Waals surface area (Å²) in [6.45, 7) is 0. The Morgan fingerprint density at radius 3 is 2.45 bits per heavy atom. The van der Waals surface area contributed by atoms with E-state index in [4.69, 9.17) is 34.2 Å². The fourth-order valence-corrected chi connectivity index (χ4v) is 1.01. The molecule has 56 valence electrons. The Kier molecular flexibility index (Phi) is 2.23. The van der Waals surface area contributed by atoms with Gasteiger partial charge in [-0.3, -0.25) is 0 Å². The molecule has 4 heteroatoms. The molecule has 0 saturated heterocycles. The van der Waals surface area contributed by atoms with Crippen LogP contribution in [0, 0.1) is 11.3 Å². The predicted molar refractivity (Wildman–Crippen MR) is 45.6 cm³/mol. The van der Waals surface area contributed by atoms with Crippen molar-refractivity contribution in [1.29, 1.82) is 5.26 Å². The maximum atomic E-state index is 8.47. The summed E-state index contributed by atoms with van der Waals surface area (Å²) in [5, 5.41) is 9.08. The molecule has 0 bridgehead atoms. The van der Waals surface area contributed by atoms with E-state index in [2.05, 4.69) is 0 Å². The third-order valence-electron chi connectivity index (χ3n) is 1.19. The lowest BCUT2D eigenvalue weighted by Gasteiger charge is -1.99. The van der Waals surface area contributed by atoms with Crippen molar-refractivity contribution in [3.8, 4) is 6.07 Å². The number of nitrogens with two attached hydrogens (primary N) is 1. The highest BCUT2D eigenvalue weighted by Crippen LogP contribution is 2.28. The van der Waals surface area contributed by atoms with Crippen LogP contribution in [0.3, 0.4) is 0 Å². The van der Waals surface area contributed by atoms with Crippen molar-refractivity contribution in [2.75, 3.05) is 5.73 Å². The van der Waals surface area contributed by atoms with Gasteiger partial charge in [-0.05, 0) is 12.1 Å². The lowest BCUT2D eigenvalue weighted by Crippen LogP contribution is -1.88. The zero-order valence-electron chi connectivity index (χ0n) is 5.44. The van der Waals surface area contributed by atoms with Gasteiger partial charge >= 0.3 is 0 Å². The smallest absolute Gasteiger partial charge is 0.0992 e. The number of hydrogen-bond donors (Lipinski definition) is 1. The first-order valence-corrected chi connectivity index (χ1v) is 3.55. The van der Waals surface area contributed by atoms with Gasteiger partial charge in [0.05, 0.1) is 27.4 Å². The van der Waals surface area contributed by atoms with Gasteiger partial charge in [0, 0.05) is 0 Å². The summed E-state index contributed by atoms with van der Waals surface area (Å²) in [5.41, 5.74) is 6.17. The van der Waals surface area contributed by atoms with Gasteiger partial charge in [-0.25, -0.2) is 0 Å². The molecule has 0 aliphatic carbocycles. The van der Waals surface area contributed by atoms with Gasteiger partial charge in [-0.1, -0.05) is 23.2 Å². The molecule has 0 fully saturated rings. The SMILES string of the molecule is N#Cc1cc(N)c(Cl)c(Cl)c1. The molecule has 2 nitrogen and oxygen atoms in total. The lowest BCUT2D eigenvalue weighted by molar-refractivity contribution is 1.48. The fraction of sp³-hybridized carbons (Fsp3) is 0. The maximum absolute atomic E-state index is 8.47. The van der Waals surface area contributed by atoms with Crippen LogP contribution in [0.1, 0.15) is 5.56 Å². The maximum Gasteiger partial charge on any atom is 0.0992 e. The van der Waals surface area contributed by atoms with E-state index in [1.165, 1.54) is 12.1 Å². The van der Waals surface area contributed by atoms with Crippen molar-refractivity contribution in [3.63, 3.8) is 0 Å². The van der Waals surface area contributed by atoms with Gasteiger partial charge in [0.1, 0.15) is 0 Å². The number of anilines is 1. The van der Waals surface area contributed by atoms with Gasteiger partial charge in [0.25, 0.3) is 0 Å². The number of halogens is 2. The summed E-state index contributed by atoms with van der Waals surface area (Å²) >= 11 is 11.3. The summed E-state index contributed by atoms with van der Waals surface area (Å²) in [6.07, 6.45) is 0. The number of benzene rings is 1. The first kappa shape index (κ1) is 8.19. The monoisotopic (exact) mass is 186 g/mol. The average molecular weight is 187 g/mol. The van der Waals surface area contributed by atoms with E-state index >= 15 is 0 Å². The molecule has 0 atom stereocenters. The van der Waals surface area contributed by atoms with Crippen LogP contribution in [0.5, 0.6) is 0 Å². The number of nitriles is 1. The first-order valence-electron chi connectivity index (χ1n) is 2.79. The van der Waals surface area contributed by atoms with E-state index in [9.17, 15) is 0 Å². The Balaban J connectivity index is 3.35. The highest BCUT2D eigenvalue weighted by atomic mass is 35.5. The van der Waals surface area contributed by atoms with Crippen LogP contribution in [-0.4, -0.2) is 0 Å². The van der Waals surface area contributed by atoms with E-state index in [0.29, 0.717) is 21.3 Å². The Morgan fingerprint density at radius 1 is 1.36 bits per heavy atom. The zero-order valence-corrected chi connectivity index (χ0v) is 6.95. The van der Waals surface area contributed by atoms with Crippen LogP contribution < -0.4 is 5.73 Å². The van der Waals surface area contributed by atoms with Crippen LogP contribution >= 0.6 is 23.2 Å². The molecule has 0 amide bonds. The molecule has 0 spiro atoms. The number of hydrogen-bond acceptors (Lipinski definition) is 2. The number of nitrogens with zero attached hydrogens (tertiary/aromatic N) is 1. The predicted octanol–water partition coefficient (Wildman–Crippen LogP) is 2.45. The topological polar surface area (TPSA) is 49.8 Å². The second kappa shape index (κ2) is 3.00. The second-order valence-electron chi connectivity index (χ2n) is 1.97. The summed E-state index contributed by atoms with van der Waals surface area (Å²) in [4.78, 5) is 0. The lowest BCUT2D eigenvalue weighted by atomic mass is 10.2. The summed E-state index contributed by atoms with van der Waals surface area (Å²) < 4.78 is 0. The summed E-state index contributed by atoms with van der Waals surface area (Å²) in [6, 6.07) is 4.87. The van der Waals surface area contributed by atoms with Gasteiger partial charge in [-0.15, -0.1) is 0 Å². The quantitative estimate of drug-likeness (QED) is 0.634. The minimum absolute atomic E-state index is 0.297. The molecule has 0 unspecified atom stereocenters. The van der Waals surface area contributed by atoms with Crippen LogP contribution in [0.2, 0.25) is 10.0 Å². The Morgan fingerprint density at radius 2 is 2.00 bits per heavy atom. The Labute approximate surface area is 74.1 Å². The highest BCUT2D eigenvalue weighted by Gasteiger charge is 2.03. The minimum Gasteiger partial charge on any atom is -0.397 e. The van der Waals surface area contributed by atoms with Crippen LogP contribution in [-0.2, 0) is 0 Å². The summed E-state index contributed by atoms with van der Waals surface area (Å²) in [7, 11) is 0. The zero-order chi connectivity index (χ0) is 8.43. The van der Waals surface area contributed by atoms with E-state index in [-0.39, 0.29) is 0 Å². The van der Waals surface area contributed by atoms with Gasteiger partial charge < -0.3 is 5.73 Å². The molecule has 1 aromatic rings. The second-order valence-corrected chi connectivity index (χ2v) is 2.76. The van der Waals surface area contributed by atoms with E-state index in [0.717, 1.165) is 0 Å². The molecule has 0 aromatic heterocycles. The number of nitrogen functional groups attached to an aromatic ring is 1. The fourth-order valence-electron chi connectivity index (χ4n) is 0.675. The van der Waals surface area contributed by atoms with Gasteiger partial charge in [0.2, 0.25) is 0 Å². The van der Waals surface area contributed by atoms with Crippen LogP contribution in [0.25, 0.3) is 0 Å². The average Bonchev–Trinajstić information content (AvgIpc) is 1.99. The van der Waals surface area contributed by atoms with E-state index < -0.39 is 0 Å². The molecular formula is C7H4Cl2N2. The standard InChI is InChI=1S/C7H4Cl2N2/c8-5-1-4(3-10)2-6(11)7(5)9/h1-2H,11H2. The van der Waals surface area contributed by atoms with Crippen LogP contribution in [0.4, 0.5) is 5.69 Å². The molecule has 0 saturated carbocycles.